The van der Waals surface area contributed by atoms with Crippen molar-refractivity contribution in [2.24, 2.45) is 11.8 Å². The predicted molar refractivity (Wildman–Crippen MR) is 90.2 cm³/mol. The third-order valence-electron chi connectivity index (χ3n) is 5.40. The molecular formula is C20H20N2O3. The number of ether oxygens (including phenoxy) is 1. The van der Waals surface area contributed by atoms with E-state index in [9.17, 15) is 4.79 Å². The minimum absolute atomic E-state index is 0.155. The average molecular weight is 336 g/mol. The Labute approximate surface area is 146 Å². The number of aromatic nitrogens is 1. The van der Waals surface area contributed by atoms with Crippen molar-refractivity contribution in [1.82, 2.24) is 5.16 Å². The second-order valence-electron chi connectivity index (χ2n) is 6.95. The van der Waals surface area contributed by atoms with E-state index >= 15 is 0 Å². The molecule has 0 saturated carbocycles. The van der Waals surface area contributed by atoms with Gasteiger partial charge in [-0.2, -0.15) is 5.26 Å². The fourth-order valence-corrected chi connectivity index (χ4v) is 4.00. The molecule has 128 valence electrons. The lowest BCUT2D eigenvalue weighted by atomic mass is 9.75. The van der Waals surface area contributed by atoms with Gasteiger partial charge in [-0.1, -0.05) is 17.3 Å². The van der Waals surface area contributed by atoms with Crippen LogP contribution in [0, 0.1) is 23.2 Å². The maximum absolute atomic E-state index is 12.7. The van der Waals surface area contributed by atoms with Crippen molar-refractivity contribution >= 4 is 5.78 Å². The first-order chi connectivity index (χ1) is 12.2. The van der Waals surface area contributed by atoms with Crippen molar-refractivity contribution in [2.45, 2.75) is 32.1 Å². The summed E-state index contributed by atoms with van der Waals surface area (Å²) in [5.74, 6) is 1.71. The molecule has 2 aliphatic rings. The van der Waals surface area contributed by atoms with E-state index in [1.54, 1.807) is 12.1 Å². The van der Waals surface area contributed by atoms with Gasteiger partial charge in [-0.15, -0.1) is 0 Å². The average Bonchev–Trinajstić information content (AvgIpc) is 3.06. The smallest absolute Gasteiger partial charge is 0.168 e. The highest BCUT2D eigenvalue weighted by Crippen LogP contribution is 2.36. The van der Waals surface area contributed by atoms with Gasteiger partial charge in [0.25, 0.3) is 0 Å². The van der Waals surface area contributed by atoms with Gasteiger partial charge in [0.05, 0.1) is 22.9 Å². The van der Waals surface area contributed by atoms with Gasteiger partial charge in [0, 0.05) is 26.1 Å². The van der Waals surface area contributed by atoms with E-state index in [-0.39, 0.29) is 5.78 Å². The van der Waals surface area contributed by atoms with Gasteiger partial charge in [0.15, 0.2) is 11.5 Å². The molecule has 4 rings (SSSR count). The maximum Gasteiger partial charge on any atom is 0.168 e. The number of nitriles is 1. The van der Waals surface area contributed by atoms with E-state index in [1.165, 1.54) is 0 Å². The van der Waals surface area contributed by atoms with Gasteiger partial charge in [0.2, 0.25) is 0 Å². The second-order valence-corrected chi connectivity index (χ2v) is 6.95. The SMILES string of the molecule is N#Cc1ccc(Cc2onc3c2C(=O)CC(C2CCOCC2)C3)cc1. The molecule has 1 aliphatic carbocycles. The molecule has 1 unspecified atom stereocenters. The zero-order valence-electron chi connectivity index (χ0n) is 14.0. The lowest BCUT2D eigenvalue weighted by Crippen LogP contribution is -2.30. The van der Waals surface area contributed by atoms with Crippen LogP contribution in [0.25, 0.3) is 0 Å². The molecule has 2 aromatic rings. The predicted octanol–water partition coefficient (Wildman–Crippen LogP) is 3.31. The van der Waals surface area contributed by atoms with Crippen molar-refractivity contribution in [2.75, 3.05) is 13.2 Å². The van der Waals surface area contributed by atoms with Crippen molar-refractivity contribution in [1.29, 1.82) is 5.26 Å². The van der Waals surface area contributed by atoms with Crippen LogP contribution in [0.3, 0.4) is 0 Å². The number of carbonyl (C=O) groups is 1. The fraction of sp³-hybridized carbons (Fsp3) is 0.450. The van der Waals surface area contributed by atoms with Gasteiger partial charge in [-0.25, -0.2) is 0 Å². The number of Topliss-reactive ketones (excluding diaryl/α,β-unsaturated/α-hetero) is 1. The molecule has 1 aromatic carbocycles. The third-order valence-corrected chi connectivity index (χ3v) is 5.40. The van der Waals surface area contributed by atoms with Crippen LogP contribution in [-0.4, -0.2) is 24.2 Å². The van der Waals surface area contributed by atoms with Crippen LogP contribution in [0.2, 0.25) is 0 Å². The second kappa shape index (κ2) is 6.81. The molecule has 0 spiro atoms. The van der Waals surface area contributed by atoms with E-state index in [2.05, 4.69) is 11.2 Å². The molecule has 1 aliphatic heterocycles. The van der Waals surface area contributed by atoms with Crippen LogP contribution in [0.15, 0.2) is 28.8 Å². The number of carbonyl (C=O) groups excluding carboxylic acids is 1. The molecule has 5 nitrogen and oxygen atoms in total. The molecule has 5 heteroatoms. The lowest BCUT2D eigenvalue weighted by Gasteiger charge is -2.31. The summed E-state index contributed by atoms with van der Waals surface area (Å²) in [7, 11) is 0. The van der Waals surface area contributed by atoms with Crippen molar-refractivity contribution in [3.8, 4) is 6.07 Å². The van der Waals surface area contributed by atoms with E-state index in [1.807, 2.05) is 12.1 Å². The molecule has 0 bridgehead atoms. The van der Waals surface area contributed by atoms with Gasteiger partial charge >= 0.3 is 0 Å². The molecule has 0 amide bonds. The Balaban J connectivity index is 1.53. The zero-order chi connectivity index (χ0) is 17.2. The van der Waals surface area contributed by atoms with Crippen LogP contribution < -0.4 is 0 Å². The Morgan fingerprint density at radius 2 is 1.88 bits per heavy atom. The molecule has 1 atom stereocenters. The molecule has 0 radical (unpaired) electrons. The first-order valence-corrected chi connectivity index (χ1v) is 8.82. The van der Waals surface area contributed by atoms with Crippen molar-refractivity contribution in [3.63, 3.8) is 0 Å². The number of hydrogen-bond acceptors (Lipinski definition) is 5. The Morgan fingerprint density at radius 1 is 1.12 bits per heavy atom. The van der Waals surface area contributed by atoms with Crippen LogP contribution in [0.5, 0.6) is 0 Å². The lowest BCUT2D eigenvalue weighted by molar-refractivity contribution is 0.0423. The van der Waals surface area contributed by atoms with Crippen LogP contribution in [0.1, 0.15) is 52.2 Å². The zero-order valence-corrected chi connectivity index (χ0v) is 14.0. The van der Waals surface area contributed by atoms with Gasteiger partial charge < -0.3 is 9.26 Å². The number of ketones is 1. The van der Waals surface area contributed by atoms with Crippen molar-refractivity contribution < 1.29 is 14.1 Å². The molecule has 1 saturated heterocycles. The summed E-state index contributed by atoms with van der Waals surface area (Å²) >= 11 is 0. The third kappa shape index (κ3) is 3.22. The summed E-state index contributed by atoms with van der Waals surface area (Å²) in [6, 6.07) is 9.45. The summed E-state index contributed by atoms with van der Waals surface area (Å²) in [5, 5.41) is 13.1. The Bertz CT molecular complexity index is 810. The van der Waals surface area contributed by atoms with Gasteiger partial charge in [-0.3, -0.25) is 4.79 Å². The van der Waals surface area contributed by atoms with Crippen LogP contribution in [0.4, 0.5) is 0 Å². The van der Waals surface area contributed by atoms with Crippen LogP contribution >= 0.6 is 0 Å². The number of hydrogen-bond donors (Lipinski definition) is 0. The maximum atomic E-state index is 12.7. The topological polar surface area (TPSA) is 76.1 Å². The van der Waals surface area contributed by atoms with E-state index in [0.29, 0.717) is 41.6 Å². The largest absolute Gasteiger partial charge is 0.381 e. The fourth-order valence-electron chi connectivity index (χ4n) is 4.00. The number of rotatable bonds is 3. The Kier molecular flexibility index (Phi) is 4.37. The molecule has 1 aromatic heterocycles. The Hall–Kier alpha value is -2.45. The molecule has 25 heavy (non-hydrogen) atoms. The van der Waals surface area contributed by atoms with E-state index in [0.717, 1.165) is 43.7 Å². The molecule has 2 heterocycles. The quantitative estimate of drug-likeness (QED) is 0.859. The van der Waals surface area contributed by atoms with Gasteiger partial charge in [0.1, 0.15) is 0 Å². The summed E-state index contributed by atoms with van der Waals surface area (Å²) < 4.78 is 11.0. The summed E-state index contributed by atoms with van der Waals surface area (Å²) in [5.41, 5.74) is 3.14. The highest BCUT2D eigenvalue weighted by Gasteiger charge is 2.35. The highest BCUT2D eigenvalue weighted by atomic mass is 16.5. The number of fused-ring (bicyclic) bond motifs is 1. The van der Waals surface area contributed by atoms with E-state index in [4.69, 9.17) is 14.5 Å². The molecule has 1 fully saturated rings. The van der Waals surface area contributed by atoms with E-state index < -0.39 is 0 Å². The standard InChI is InChI=1S/C20H20N2O3/c21-12-14-3-1-13(2-4-14)9-19-20-17(22-25-19)10-16(11-18(20)23)15-5-7-24-8-6-15/h1-4,15-16H,5-11H2. The monoisotopic (exact) mass is 336 g/mol. The minimum atomic E-state index is 0.155. The summed E-state index contributed by atoms with van der Waals surface area (Å²) in [6.45, 7) is 1.59. The minimum Gasteiger partial charge on any atom is -0.381 e. The first-order valence-electron chi connectivity index (χ1n) is 8.82. The number of nitrogens with zero attached hydrogens (tertiary/aromatic N) is 2. The summed E-state index contributed by atoms with van der Waals surface area (Å²) in [4.78, 5) is 12.7. The van der Waals surface area contributed by atoms with Crippen molar-refractivity contribution in [3.05, 3.63) is 52.4 Å². The van der Waals surface area contributed by atoms with Crippen LogP contribution in [-0.2, 0) is 17.6 Å². The summed E-state index contributed by atoms with van der Waals surface area (Å²) in [6.07, 6.45) is 4.00. The Morgan fingerprint density at radius 3 is 2.60 bits per heavy atom. The highest BCUT2D eigenvalue weighted by molar-refractivity contribution is 5.99. The van der Waals surface area contributed by atoms with Gasteiger partial charge in [-0.05, 0) is 48.8 Å². The number of benzene rings is 1. The molecule has 0 N–H and O–H groups in total. The normalized spacial score (nSPS) is 20.9. The first kappa shape index (κ1) is 16.0. The molecular weight excluding hydrogens is 316 g/mol.